The zero-order chi connectivity index (χ0) is 73.6. The van der Waals surface area contributed by atoms with Gasteiger partial charge in [0.1, 0.15) is 0 Å². The van der Waals surface area contributed by atoms with E-state index in [1.807, 2.05) is 0 Å². The van der Waals surface area contributed by atoms with Crippen LogP contribution in [0, 0.1) is 27.7 Å². The predicted octanol–water partition coefficient (Wildman–Crippen LogP) is 15.3. The van der Waals surface area contributed by atoms with Crippen LogP contribution in [0.15, 0.2) is 315 Å². The summed E-state index contributed by atoms with van der Waals surface area (Å²) < 4.78 is 10.1. The molecule has 0 amide bonds. The van der Waals surface area contributed by atoms with Gasteiger partial charge in [0.15, 0.2) is 0 Å². The largest absolute Gasteiger partial charge is 0.310 e. The fourth-order valence-corrected chi connectivity index (χ4v) is 22.6. The normalized spacial score (nSPS) is 13.7. The first kappa shape index (κ1) is 62.8. The molecular formula is C104H72B4N4. The standard InChI is InChI=1S/4C26H18BN/c1-16-7-6-11-22-25(16)28-23-12-5-3-9-19(23)20-14-13-18-15-17-8-2-4-10-21(17)27(22)24(18)26(20)28;1-16-10-13-24-22(14-16)27-21-8-4-2-6-17(21)15-18-11-12-20-19-7-3-5-9-23(19)28(24)26(20)25(18)27;1-16-10-13-22-24(14-16)28-23-9-5-3-7-19(23)20-12-11-18-15-17-6-2-4-8-21(17)27(22)25(18)26(20)28;1-16-7-6-9-19-20-14-13-18-15-17-8-2-3-10-21(17)27-22-11-4-5-12-23(22)28(25(16)19)26(20)24(18)27/h4*2-14H,15H2,1H3. The number of benzene rings is 16. The fourth-order valence-electron chi connectivity index (χ4n) is 22.6. The van der Waals surface area contributed by atoms with Gasteiger partial charge in [0.2, 0.25) is 26.9 Å². The quantitative estimate of drug-likeness (QED) is 0.135. The Hall–Kier alpha value is -13.0. The molecule has 8 aliphatic rings. The number of para-hydroxylation sites is 6. The van der Waals surface area contributed by atoms with Crippen LogP contribution < -0.4 is 65.6 Å². The first-order valence-electron chi connectivity index (χ1n) is 40.2. The van der Waals surface area contributed by atoms with Gasteiger partial charge in [-0.1, -0.05) is 306 Å². The molecule has 0 N–H and O–H groups in total. The van der Waals surface area contributed by atoms with Gasteiger partial charge in [0.05, 0.1) is 22.1 Å². The van der Waals surface area contributed by atoms with Crippen LogP contribution in [0.3, 0.4) is 0 Å². The molecule has 16 aromatic carbocycles. The van der Waals surface area contributed by atoms with Crippen molar-refractivity contribution in [2.45, 2.75) is 53.4 Å². The summed E-state index contributed by atoms with van der Waals surface area (Å²) in [5.74, 6) is 0. The highest BCUT2D eigenvalue weighted by molar-refractivity contribution is 7.01. The number of rotatable bonds is 0. The molecule has 0 radical (unpaired) electrons. The van der Waals surface area contributed by atoms with Gasteiger partial charge in [-0.3, -0.25) is 0 Å². The van der Waals surface area contributed by atoms with E-state index in [9.17, 15) is 0 Å². The van der Waals surface area contributed by atoms with Gasteiger partial charge in [-0.15, -0.1) is 0 Å². The fraction of sp³-hybridized carbons (Fsp3) is 0.0769. The summed E-state index contributed by atoms with van der Waals surface area (Å²) in [5.41, 5.74) is 51.2. The molecule has 8 heteroatoms. The average Bonchev–Trinajstić information content (AvgIpc) is 1.58. The van der Waals surface area contributed by atoms with Gasteiger partial charge < -0.3 is 18.3 Å². The van der Waals surface area contributed by atoms with E-state index in [2.05, 4.69) is 361 Å². The van der Waals surface area contributed by atoms with E-state index in [1.165, 1.54) is 242 Å². The van der Waals surface area contributed by atoms with Crippen molar-refractivity contribution in [1.82, 2.24) is 18.3 Å². The molecule has 20 aromatic rings. The zero-order valence-electron chi connectivity index (χ0n) is 62.9. The number of hydrogen-bond acceptors (Lipinski definition) is 0. The Kier molecular flexibility index (Phi) is 13.1. The molecule has 0 saturated heterocycles. The Labute approximate surface area is 651 Å². The summed E-state index contributed by atoms with van der Waals surface area (Å²) in [7, 11) is 0. The van der Waals surface area contributed by atoms with Gasteiger partial charge in [0, 0.05) is 87.9 Å². The summed E-state index contributed by atoms with van der Waals surface area (Å²) in [6, 6.07) is 118. The Morgan fingerprint density at radius 1 is 0.205 bits per heavy atom. The molecule has 0 atom stereocenters. The smallest absolute Gasteiger partial charge is 0.247 e. The highest BCUT2D eigenvalue weighted by Crippen LogP contribution is 2.42. The topological polar surface area (TPSA) is 19.7 Å². The first-order chi connectivity index (χ1) is 55.3. The molecule has 112 heavy (non-hydrogen) atoms. The van der Waals surface area contributed by atoms with Crippen LogP contribution in [-0.4, -0.2) is 45.1 Å². The minimum absolute atomic E-state index is 0.329. The van der Waals surface area contributed by atoms with Crippen molar-refractivity contribution in [3.05, 3.63) is 382 Å². The van der Waals surface area contributed by atoms with Crippen molar-refractivity contribution in [3.8, 4) is 22.7 Å². The van der Waals surface area contributed by atoms with Crippen molar-refractivity contribution in [2.75, 3.05) is 0 Å². The van der Waals surface area contributed by atoms with E-state index in [0.717, 1.165) is 25.7 Å². The average molecular weight is 1420 g/mol. The van der Waals surface area contributed by atoms with Gasteiger partial charge in [-0.25, -0.2) is 0 Å². The second kappa shape index (κ2) is 23.3. The second-order valence-electron chi connectivity index (χ2n) is 32.9. The maximum absolute atomic E-state index is 2.54. The molecule has 12 heterocycles. The number of hydrogen-bond donors (Lipinski definition) is 0. The molecular weight excluding hydrogens is 1350 g/mol. The molecule has 4 nitrogen and oxygen atoms in total. The Morgan fingerprint density at radius 3 is 1.07 bits per heavy atom. The predicted molar refractivity (Wildman–Crippen MR) is 478 cm³/mol. The van der Waals surface area contributed by atoms with Crippen molar-refractivity contribution in [3.63, 3.8) is 0 Å². The van der Waals surface area contributed by atoms with E-state index in [-0.39, 0.29) is 0 Å². The lowest BCUT2D eigenvalue weighted by atomic mass is 9.32. The molecule has 4 aromatic heterocycles. The SMILES string of the molecule is Cc1ccc2c(c1)-n1c3ccccc3c3ccc4c(c31)B2c1ccccc1C4.Cc1ccc2c(c1)B1c3ccccc3Cc3ccc4c5ccccc5n-2c4c31.Cc1cccc2c1-n1c3ccccc3c3ccc4c(c31)B2c1ccccc1C4.Cc1cccc2c3ccc4c5c3n(c12)-c1ccccc1B5c1ccccc1C4. The molecule has 0 aliphatic carbocycles. The van der Waals surface area contributed by atoms with Gasteiger partial charge >= 0.3 is 0 Å². The van der Waals surface area contributed by atoms with Crippen LogP contribution in [0.2, 0.25) is 0 Å². The third-order valence-corrected chi connectivity index (χ3v) is 27.1. The van der Waals surface area contributed by atoms with E-state index in [4.69, 9.17) is 0 Å². The van der Waals surface area contributed by atoms with Crippen molar-refractivity contribution < 1.29 is 0 Å². The molecule has 0 spiro atoms. The Morgan fingerprint density at radius 2 is 0.545 bits per heavy atom. The third-order valence-electron chi connectivity index (χ3n) is 27.1. The molecule has 28 rings (SSSR count). The Bertz CT molecular complexity index is 7590. The van der Waals surface area contributed by atoms with Gasteiger partial charge in [0.25, 0.3) is 0 Å². The summed E-state index contributed by atoms with van der Waals surface area (Å²) >= 11 is 0. The van der Waals surface area contributed by atoms with Crippen molar-refractivity contribution in [1.29, 1.82) is 0 Å². The van der Waals surface area contributed by atoms with Crippen molar-refractivity contribution in [2.24, 2.45) is 0 Å². The maximum Gasteiger partial charge on any atom is 0.247 e. The minimum atomic E-state index is 0.329. The molecule has 0 bridgehead atoms. The number of fused-ring (bicyclic) bond motifs is 32. The molecule has 0 saturated carbocycles. The van der Waals surface area contributed by atoms with Crippen LogP contribution in [0.5, 0.6) is 0 Å². The monoisotopic (exact) mass is 1420 g/mol. The molecule has 520 valence electrons. The summed E-state index contributed by atoms with van der Waals surface area (Å²) in [4.78, 5) is 0. The number of aryl methyl sites for hydroxylation is 4. The lowest BCUT2D eigenvalue weighted by Gasteiger charge is -2.34. The number of aromatic nitrogens is 4. The van der Waals surface area contributed by atoms with E-state index in [1.54, 1.807) is 0 Å². The van der Waals surface area contributed by atoms with Crippen molar-refractivity contribution >= 4 is 180 Å². The second-order valence-corrected chi connectivity index (χ2v) is 32.9. The van der Waals surface area contributed by atoms with E-state index >= 15 is 0 Å². The highest BCUT2D eigenvalue weighted by atomic mass is 15.0. The van der Waals surface area contributed by atoms with Gasteiger partial charge in [-0.05, 0) is 195 Å². The van der Waals surface area contributed by atoms with Crippen LogP contribution in [0.4, 0.5) is 0 Å². The summed E-state index contributed by atoms with van der Waals surface area (Å²) in [6.07, 6.45) is 4.11. The maximum atomic E-state index is 2.54. The summed E-state index contributed by atoms with van der Waals surface area (Å²) in [6.45, 7) is 10.2. The minimum Gasteiger partial charge on any atom is -0.310 e. The third kappa shape index (κ3) is 8.46. The zero-order valence-corrected chi connectivity index (χ0v) is 62.9. The van der Waals surface area contributed by atoms with Gasteiger partial charge in [-0.2, -0.15) is 0 Å². The summed E-state index contributed by atoms with van der Waals surface area (Å²) in [5, 5.41) is 11.0. The molecule has 0 unspecified atom stereocenters. The van der Waals surface area contributed by atoms with Crippen LogP contribution >= 0.6 is 0 Å². The van der Waals surface area contributed by atoms with Crippen LogP contribution in [0.1, 0.15) is 66.8 Å². The van der Waals surface area contributed by atoms with E-state index in [0.29, 0.717) is 26.9 Å². The van der Waals surface area contributed by atoms with Crippen LogP contribution in [0.25, 0.3) is 110 Å². The molecule has 0 fully saturated rings. The molecule has 8 aliphatic heterocycles. The van der Waals surface area contributed by atoms with E-state index < -0.39 is 0 Å². The number of nitrogens with zero attached hydrogens (tertiary/aromatic N) is 4. The Balaban J connectivity index is 0.0000000847. The lowest BCUT2D eigenvalue weighted by molar-refractivity contribution is 1.14. The first-order valence-corrected chi connectivity index (χ1v) is 40.2. The lowest BCUT2D eigenvalue weighted by Crippen LogP contribution is -2.60. The van der Waals surface area contributed by atoms with Crippen LogP contribution in [-0.2, 0) is 25.7 Å². The highest BCUT2D eigenvalue weighted by Gasteiger charge is 2.44.